The molecule has 5 heteroatoms. The van der Waals surface area contributed by atoms with Crippen LogP contribution < -0.4 is 5.32 Å². The number of carboxylic acids is 1. The molecule has 0 aliphatic carbocycles. The Kier molecular flexibility index (Phi) is 4.22. The minimum Gasteiger partial charge on any atom is -0.480 e. The lowest BCUT2D eigenvalue weighted by Gasteiger charge is -2.34. The van der Waals surface area contributed by atoms with Gasteiger partial charge in [0.15, 0.2) is 0 Å². The van der Waals surface area contributed by atoms with Crippen molar-refractivity contribution in [2.75, 3.05) is 18.1 Å². The van der Waals surface area contributed by atoms with Crippen LogP contribution in [0.15, 0.2) is 0 Å². The Morgan fingerprint density at radius 2 is 2.14 bits per heavy atom. The van der Waals surface area contributed by atoms with Crippen molar-refractivity contribution in [1.29, 1.82) is 0 Å². The SMILES string of the molecule is CC(O)CNC1(C(=O)O)CCSCC1. The van der Waals surface area contributed by atoms with Gasteiger partial charge in [-0.3, -0.25) is 10.1 Å². The lowest BCUT2D eigenvalue weighted by atomic mass is 9.92. The Hall–Kier alpha value is -0.260. The number of carbonyl (C=O) groups is 1. The average Bonchev–Trinajstić information content (AvgIpc) is 2.16. The molecule has 0 spiro atoms. The van der Waals surface area contributed by atoms with E-state index in [1.54, 1.807) is 18.7 Å². The Morgan fingerprint density at radius 3 is 2.57 bits per heavy atom. The highest BCUT2D eigenvalue weighted by Gasteiger charge is 2.39. The molecule has 1 fully saturated rings. The van der Waals surface area contributed by atoms with Crippen molar-refractivity contribution in [3.63, 3.8) is 0 Å². The zero-order chi connectivity index (χ0) is 10.6. The second kappa shape index (κ2) is 5.00. The molecule has 0 aromatic carbocycles. The van der Waals surface area contributed by atoms with Crippen LogP contribution in [0.5, 0.6) is 0 Å². The van der Waals surface area contributed by atoms with Crippen molar-refractivity contribution in [2.45, 2.75) is 31.4 Å². The van der Waals surface area contributed by atoms with Crippen molar-refractivity contribution in [1.82, 2.24) is 5.32 Å². The summed E-state index contributed by atoms with van der Waals surface area (Å²) < 4.78 is 0. The van der Waals surface area contributed by atoms with Crippen LogP contribution in [0.3, 0.4) is 0 Å². The molecule has 4 nitrogen and oxygen atoms in total. The van der Waals surface area contributed by atoms with Crippen molar-refractivity contribution in [3.8, 4) is 0 Å². The summed E-state index contributed by atoms with van der Waals surface area (Å²) in [6.07, 6.45) is 0.778. The number of β-amino-alcohol motifs (C(OH)–C–C–N with tert-alkyl or cyclic N) is 1. The maximum absolute atomic E-state index is 11.1. The van der Waals surface area contributed by atoms with Gasteiger partial charge in [-0.2, -0.15) is 11.8 Å². The van der Waals surface area contributed by atoms with Gasteiger partial charge in [0.2, 0.25) is 0 Å². The van der Waals surface area contributed by atoms with Gasteiger partial charge < -0.3 is 10.2 Å². The van der Waals surface area contributed by atoms with Crippen LogP contribution in [0, 0.1) is 0 Å². The van der Waals surface area contributed by atoms with E-state index in [4.69, 9.17) is 10.2 Å². The third-order valence-electron chi connectivity index (χ3n) is 2.49. The van der Waals surface area contributed by atoms with Gasteiger partial charge in [-0.1, -0.05) is 0 Å². The van der Waals surface area contributed by atoms with E-state index < -0.39 is 17.6 Å². The first kappa shape index (κ1) is 11.8. The standard InChI is InChI=1S/C9H17NO3S/c1-7(11)6-10-9(8(12)13)2-4-14-5-3-9/h7,10-11H,2-6H2,1H3,(H,12,13). The molecule has 1 saturated heterocycles. The molecule has 1 aliphatic rings. The smallest absolute Gasteiger partial charge is 0.323 e. The summed E-state index contributed by atoms with van der Waals surface area (Å²) in [5.41, 5.74) is -0.803. The average molecular weight is 219 g/mol. The summed E-state index contributed by atoms with van der Waals surface area (Å²) in [4.78, 5) is 11.1. The molecule has 82 valence electrons. The molecule has 0 aromatic rings. The molecule has 0 radical (unpaired) electrons. The minimum atomic E-state index is -0.803. The number of aliphatic carboxylic acids is 1. The number of aliphatic hydroxyl groups excluding tert-OH is 1. The molecule has 1 heterocycles. The summed E-state index contributed by atoms with van der Waals surface area (Å²) >= 11 is 1.78. The molecule has 1 rings (SSSR count). The van der Waals surface area contributed by atoms with Gasteiger partial charge in [-0.25, -0.2) is 0 Å². The Bertz CT molecular complexity index is 202. The molecule has 0 bridgehead atoms. The minimum absolute atomic E-state index is 0.344. The predicted octanol–water partition coefficient (Wildman–Crippen LogP) is 0.307. The van der Waals surface area contributed by atoms with Crippen molar-refractivity contribution in [3.05, 3.63) is 0 Å². The number of nitrogens with one attached hydrogen (secondary N) is 1. The topological polar surface area (TPSA) is 69.6 Å². The van der Waals surface area contributed by atoms with E-state index in [1.807, 2.05) is 0 Å². The van der Waals surface area contributed by atoms with Crippen LogP contribution in [0.2, 0.25) is 0 Å². The van der Waals surface area contributed by atoms with Gasteiger partial charge in [-0.15, -0.1) is 0 Å². The molecule has 0 amide bonds. The quantitative estimate of drug-likeness (QED) is 0.635. The van der Waals surface area contributed by atoms with E-state index in [0.29, 0.717) is 19.4 Å². The number of aliphatic hydroxyl groups is 1. The number of carboxylic acid groups (broad SMARTS) is 1. The monoisotopic (exact) mass is 219 g/mol. The zero-order valence-corrected chi connectivity index (χ0v) is 9.14. The van der Waals surface area contributed by atoms with Crippen LogP contribution in [-0.4, -0.2) is 45.9 Å². The van der Waals surface area contributed by atoms with Crippen LogP contribution in [0.4, 0.5) is 0 Å². The van der Waals surface area contributed by atoms with Gasteiger partial charge in [-0.05, 0) is 31.3 Å². The molecule has 1 aliphatic heterocycles. The van der Waals surface area contributed by atoms with E-state index in [0.717, 1.165) is 11.5 Å². The number of hydrogen-bond donors (Lipinski definition) is 3. The van der Waals surface area contributed by atoms with Crippen LogP contribution in [0.25, 0.3) is 0 Å². The zero-order valence-electron chi connectivity index (χ0n) is 8.32. The lowest BCUT2D eigenvalue weighted by molar-refractivity contribution is -0.145. The van der Waals surface area contributed by atoms with E-state index in [2.05, 4.69) is 5.32 Å². The Morgan fingerprint density at radius 1 is 1.57 bits per heavy atom. The van der Waals surface area contributed by atoms with Gasteiger partial charge in [0, 0.05) is 6.54 Å². The Labute approximate surface area is 88.1 Å². The van der Waals surface area contributed by atoms with E-state index in [9.17, 15) is 4.79 Å². The molecule has 3 N–H and O–H groups in total. The first-order valence-electron chi connectivity index (χ1n) is 4.81. The van der Waals surface area contributed by atoms with Crippen LogP contribution >= 0.6 is 11.8 Å². The molecule has 1 atom stereocenters. The molecular weight excluding hydrogens is 202 g/mol. The van der Waals surface area contributed by atoms with Crippen molar-refractivity contribution >= 4 is 17.7 Å². The van der Waals surface area contributed by atoms with Gasteiger partial charge in [0.05, 0.1) is 6.10 Å². The summed E-state index contributed by atoms with van der Waals surface area (Å²) in [6, 6.07) is 0. The summed E-state index contributed by atoms with van der Waals surface area (Å²) in [5.74, 6) is 0.955. The fraction of sp³-hybridized carbons (Fsp3) is 0.889. The molecule has 1 unspecified atom stereocenters. The lowest BCUT2D eigenvalue weighted by Crippen LogP contribution is -2.55. The first-order chi connectivity index (χ1) is 6.57. The Balaban J connectivity index is 2.56. The third-order valence-corrected chi connectivity index (χ3v) is 3.48. The van der Waals surface area contributed by atoms with Crippen LogP contribution in [0.1, 0.15) is 19.8 Å². The van der Waals surface area contributed by atoms with E-state index >= 15 is 0 Å². The fourth-order valence-corrected chi connectivity index (χ4v) is 2.72. The van der Waals surface area contributed by atoms with Gasteiger partial charge >= 0.3 is 5.97 Å². The van der Waals surface area contributed by atoms with E-state index in [-0.39, 0.29) is 0 Å². The maximum Gasteiger partial charge on any atom is 0.323 e. The van der Waals surface area contributed by atoms with Crippen LogP contribution in [-0.2, 0) is 4.79 Å². The fourth-order valence-electron chi connectivity index (χ4n) is 1.53. The normalized spacial score (nSPS) is 23.0. The second-order valence-electron chi connectivity index (χ2n) is 3.73. The third kappa shape index (κ3) is 2.87. The molecule has 14 heavy (non-hydrogen) atoms. The highest BCUT2D eigenvalue weighted by Crippen LogP contribution is 2.27. The number of hydrogen-bond acceptors (Lipinski definition) is 4. The molecule has 0 aromatic heterocycles. The van der Waals surface area contributed by atoms with Gasteiger partial charge in [0.1, 0.15) is 5.54 Å². The van der Waals surface area contributed by atoms with Crippen molar-refractivity contribution < 1.29 is 15.0 Å². The largest absolute Gasteiger partial charge is 0.480 e. The first-order valence-corrected chi connectivity index (χ1v) is 5.96. The molecular formula is C9H17NO3S. The van der Waals surface area contributed by atoms with Crippen molar-refractivity contribution in [2.24, 2.45) is 0 Å². The summed E-state index contributed by atoms with van der Waals surface area (Å²) in [7, 11) is 0. The second-order valence-corrected chi connectivity index (χ2v) is 4.95. The van der Waals surface area contributed by atoms with E-state index in [1.165, 1.54) is 0 Å². The predicted molar refractivity (Wildman–Crippen MR) is 56.6 cm³/mol. The highest BCUT2D eigenvalue weighted by atomic mass is 32.2. The highest BCUT2D eigenvalue weighted by molar-refractivity contribution is 7.99. The van der Waals surface area contributed by atoms with Gasteiger partial charge in [0.25, 0.3) is 0 Å². The number of thioether (sulfide) groups is 1. The summed E-state index contributed by atoms with van der Waals surface area (Å²) in [6.45, 7) is 2.00. The summed E-state index contributed by atoms with van der Waals surface area (Å²) in [5, 5.41) is 21.2. The number of rotatable bonds is 4. The maximum atomic E-state index is 11.1. The molecule has 0 saturated carbocycles.